The van der Waals surface area contributed by atoms with E-state index in [4.69, 9.17) is 4.42 Å². The fraction of sp³-hybridized carbons (Fsp3) is 0.455. The highest BCUT2D eigenvalue weighted by atomic mass is 16.4. The molecule has 1 atom stereocenters. The average Bonchev–Trinajstić information content (AvgIpc) is 3.39. The van der Waals surface area contributed by atoms with E-state index in [0.29, 0.717) is 44.0 Å². The largest absolute Gasteiger partial charge is 0.425 e. The second kappa shape index (κ2) is 8.59. The maximum absolute atomic E-state index is 12.6. The van der Waals surface area contributed by atoms with E-state index in [0.717, 1.165) is 35.9 Å². The minimum atomic E-state index is -0.0103. The van der Waals surface area contributed by atoms with Gasteiger partial charge in [-0.1, -0.05) is 25.1 Å². The van der Waals surface area contributed by atoms with Gasteiger partial charge >= 0.3 is 0 Å². The molecule has 0 radical (unpaired) electrons. The smallest absolute Gasteiger partial charge is 0.223 e. The standard InChI is InChI=1S/C22H26N4O3/c1-2-19(27)15-6-5-11-26(14-15)22(28)10-9-20-24-25-21(29-20)12-16-13-23-18-8-4-3-7-17(16)18/h3-4,7-8,13,15,23H,2,5-6,9-12,14H2,1H3. The molecule has 1 amide bonds. The van der Waals surface area contributed by atoms with E-state index < -0.39 is 0 Å². The van der Waals surface area contributed by atoms with Crippen LogP contribution in [0, 0.1) is 5.92 Å². The van der Waals surface area contributed by atoms with Crippen molar-refractivity contribution in [2.45, 2.75) is 45.4 Å². The number of nitrogens with zero attached hydrogens (tertiary/aromatic N) is 3. The highest BCUT2D eigenvalue weighted by molar-refractivity contribution is 5.83. The van der Waals surface area contributed by atoms with Crippen LogP contribution >= 0.6 is 0 Å². The summed E-state index contributed by atoms with van der Waals surface area (Å²) in [5, 5.41) is 9.38. The van der Waals surface area contributed by atoms with Crippen molar-refractivity contribution in [1.29, 1.82) is 0 Å². The zero-order valence-electron chi connectivity index (χ0n) is 16.7. The fourth-order valence-corrected chi connectivity index (χ4v) is 4.03. The highest BCUT2D eigenvalue weighted by Crippen LogP contribution is 2.21. The Morgan fingerprint density at radius 1 is 1.24 bits per heavy atom. The first-order chi connectivity index (χ1) is 14.1. The first kappa shape index (κ1) is 19.4. The number of likely N-dealkylation sites (tertiary alicyclic amines) is 1. The summed E-state index contributed by atoms with van der Waals surface area (Å²) < 4.78 is 5.76. The molecule has 3 aromatic rings. The molecule has 29 heavy (non-hydrogen) atoms. The second-order valence-electron chi connectivity index (χ2n) is 7.62. The van der Waals surface area contributed by atoms with Gasteiger partial charge in [0.25, 0.3) is 0 Å². The number of Topliss-reactive ketones (excluding diaryl/α,β-unsaturated/α-hetero) is 1. The number of aryl methyl sites for hydroxylation is 1. The number of nitrogens with one attached hydrogen (secondary N) is 1. The fourth-order valence-electron chi connectivity index (χ4n) is 4.03. The van der Waals surface area contributed by atoms with Crippen molar-refractivity contribution in [1.82, 2.24) is 20.1 Å². The number of benzene rings is 1. The van der Waals surface area contributed by atoms with Gasteiger partial charge < -0.3 is 14.3 Å². The van der Waals surface area contributed by atoms with Crippen LogP contribution < -0.4 is 0 Å². The number of rotatable bonds is 7. The molecule has 0 bridgehead atoms. The first-order valence-corrected chi connectivity index (χ1v) is 10.3. The topological polar surface area (TPSA) is 92.1 Å². The minimum Gasteiger partial charge on any atom is -0.425 e. The number of H-pyrrole nitrogens is 1. The number of carbonyl (C=O) groups is 2. The number of aromatic nitrogens is 3. The van der Waals surface area contributed by atoms with Gasteiger partial charge in [0.1, 0.15) is 5.78 Å². The van der Waals surface area contributed by atoms with Crippen LogP contribution in [0.25, 0.3) is 10.9 Å². The lowest BCUT2D eigenvalue weighted by Gasteiger charge is -2.32. The molecule has 7 heteroatoms. The Morgan fingerprint density at radius 2 is 2.07 bits per heavy atom. The summed E-state index contributed by atoms with van der Waals surface area (Å²) in [7, 11) is 0. The zero-order chi connectivity index (χ0) is 20.2. The number of amides is 1. The first-order valence-electron chi connectivity index (χ1n) is 10.3. The third kappa shape index (κ3) is 4.39. The number of hydrogen-bond acceptors (Lipinski definition) is 5. The van der Waals surface area contributed by atoms with Crippen LogP contribution in [0.4, 0.5) is 0 Å². The maximum Gasteiger partial charge on any atom is 0.223 e. The van der Waals surface area contributed by atoms with Crippen molar-refractivity contribution < 1.29 is 14.0 Å². The monoisotopic (exact) mass is 394 g/mol. The molecule has 1 unspecified atom stereocenters. The predicted octanol–water partition coefficient (Wildman–Crippen LogP) is 3.29. The van der Waals surface area contributed by atoms with E-state index >= 15 is 0 Å². The Hall–Kier alpha value is -2.96. The molecule has 0 saturated carbocycles. The molecule has 4 rings (SSSR count). The minimum absolute atomic E-state index is 0.0103. The zero-order valence-corrected chi connectivity index (χ0v) is 16.7. The van der Waals surface area contributed by atoms with Gasteiger partial charge in [0.15, 0.2) is 0 Å². The van der Waals surface area contributed by atoms with Crippen LogP contribution in [-0.2, 0) is 22.4 Å². The molecule has 1 N–H and O–H groups in total. The van der Waals surface area contributed by atoms with Crippen molar-refractivity contribution in [2.75, 3.05) is 13.1 Å². The summed E-state index contributed by atoms with van der Waals surface area (Å²) in [6, 6.07) is 8.09. The number of ketones is 1. The lowest BCUT2D eigenvalue weighted by molar-refractivity contribution is -0.135. The third-order valence-electron chi connectivity index (χ3n) is 5.66. The van der Waals surface area contributed by atoms with Crippen LogP contribution in [0.2, 0.25) is 0 Å². The van der Waals surface area contributed by atoms with Crippen molar-refractivity contribution >= 4 is 22.6 Å². The number of para-hydroxylation sites is 1. The molecule has 1 fully saturated rings. The molecule has 0 spiro atoms. The number of fused-ring (bicyclic) bond motifs is 1. The van der Waals surface area contributed by atoms with Crippen molar-refractivity contribution in [3.05, 3.63) is 47.8 Å². The normalized spacial score (nSPS) is 17.0. The Bertz CT molecular complexity index is 1010. The van der Waals surface area contributed by atoms with Crippen molar-refractivity contribution in [2.24, 2.45) is 5.92 Å². The summed E-state index contributed by atoms with van der Waals surface area (Å²) in [4.78, 5) is 29.6. The van der Waals surface area contributed by atoms with E-state index in [9.17, 15) is 9.59 Å². The van der Waals surface area contributed by atoms with Gasteiger partial charge in [0, 0.05) is 55.4 Å². The molecule has 7 nitrogen and oxygen atoms in total. The SMILES string of the molecule is CCC(=O)C1CCCN(C(=O)CCc2nnc(Cc3c[nH]c4ccccc34)o2)C1. The Kier molecular flexibility index (Phi) is 5.74. The lowest BCUT2D eigenvalue weighted by atomic mass is 9.92. The van der Waals surface area contributed by atoms with Gasteiger partial charge in [-0.3, -0.25) is 9.59 Å². The van der Waals surface area contributed by atoms with E-state index in [1.165, 1.54) is 0 Å². The second-order valence-corrected chi connectivity index (χ2v) is 7.62. The van der Waals surface area contributed by atoms with Gasteiger partial charge in [-0.2, -0.15) is 0 Å². The van der Waals surface area contributed by atoms with Crippen LogP contribution in [0.3, 0.4) is 0 Å². The van der Waals surface area contributed by atoms with Gasteiger partial charge in [0.2, 0.25) is 17.7 Å². The van der Waals surface area contributed by atoms with Crippen LogP contribution in [-0.4, -0.2) is 44.9 Å². The summed E-state index contributed by atoms with van der Waals surface area (Å²) in [5.41, 5.74) is 2.18. The van der Waals surface area contributed by atoms with Crippen molar-refractivity contribution in [3.8, 4) is 0 Å². The highest BCUT2D eigenvalue weighted by Gasteiger charge is 2.27. The van der Waals surface area contributed by atoms with E-state index in [1.54, 1.807) is 0 Å². The molecule has 1 aromatic carbocycles. The summed E-state index contributed by atoms with van der Waals surface area (Å²) >= 11 is 0. The molecule has 1 saturated heterocycles. The molecule has 152 valence electrons. The molecule has 1 aliphatic heterocycles. The van der Waals surface area contributed by atoms with Gasteiger partial charge in [-0.15, -0.1) is 10.2 Å². The molecular weight excluding hydrogens is 368 g/mol. The number of hydrogen-bond donors (Lipinski definition) is 1. The molecule has 0 aliphatic carbocycles. The van der Waals surface area contributed by atoms with E-state index in [2.05, 4.69) is 21.2 Å². The number of carbonyl (C=O) groups excluding carboxylic acids is 2. The molecular formula is C22H26N4O3. The predicted molar refractivity (Wildman–Crippen MR) is 108 cm³/mol. The Labute approximate surface area is 169 Å². The Balaban J connectivity index is 1.32. The summed E-state index contributed by atoms with van der Waals surface area (Å²) in [6.07, 6.45) is 5.56. The van der Waals surface area contributed by atoms with Crippen LogP contribution in [0.15, 0.2) is 34.9 Å². The van der Waals surface area contributed by atoms with Gasteiger partial charge in [0.05, 0.1) is 6.42 Å². The number of aromatic amines is 1. The van der Waals surface area contributed by atoms with Gasteiger partial charge in [-0.05, 0) is 24.5 Å². The maximum atomic E-state index is 12.6. The average molecular weight is 394 g/mol. The summed E-state index contributed by atoms with van der Waals surface area (Å²) in [5.74, 6) is 1.32. The molecule has 2 aromatic heterocycles. The van der Waals surface area contributed by atoms with Crippen molar-refractivity contribution in [3.63, 3.8) is 0 Å². The summed E-state index contributed by atoms with van der Waals surface area (Å²) in [6.45, 7) is 3.15. The lowest BCUT2D eigenvalue weighted by Crippen LogP contribution is -2.42. The Morgan fingerprint density at radius 3 is 2.93 bits per heavy atom. The quantitative estimate of drug-likeness (QED) is 0.664. The van der Waals surface area contributed by atoms with Crippen LogP contribution in [0.1, 0.15) is 50.0 Å². The molecule has 3 heterocycles. The van der Waals surface area contributed by atoms with E-state index in [1.807, 2.05) is 36.2 Å². The van der Waals surface area contributed by atoms with Gasteiger partial charge in [-0.25, -0.2) is 0 Å². The van der Waals surface area contributed by atoms with Crippen LogP contribution in [0.5, 0.6) is 0 Å². The number of piperidine rings is 1. The van der Waals surface area contributed by atoms with E-state index in [-0.39, 0.29) is 17.6 Å². The third-order valence-corrected chi connectivity index (χ3v) is 5.66. The molecule has 1 aliphatic rings.